The molecule has 0 spiro atoms. The molecule has 0 aromatic carbocycles. The second-order valence-corrected chi connectivity index (χ2v) is 6.98. The average Bonchev–Trinajstić information content (AvgIpc) is 2.91. The lowest BCUT2D eigenvalue weighted by molar-refractivity contribution is -0.134. The molecule has 1 fully saturated rings. The largest absolute Gasteiger partial charge is 0.344 e. The van der Waals surface area contributed by atoms with Gasteiger partial charge in [-0.2, -0.15) is 0 Å². The van der Waals surface area contributed by atoms with Crippen molar-refractivity contribution in [1.82, 2.24) is 15.2 Å². The summed E-state index contributed by atoms with van der Waals surface area (Å²) in [4.78, 5) is 30.5. The van der Waals surface area contributed by atoms with E-state index in [2.05, 4.69) is 31.1 Å². The van der Waals surface area contributed by atoms with Gasteiger partial charge in [-0.3, -0.25) is 9.59 Å². The quantitative estimate of drug-likeness (QED) is 0.905. The van der Waals surface area contributed by atoms with Crippen LogP contribution in [0.3, 0.4) is 0 Å². The molecule has 1 N–H and O–H groups in total. The van der Waals surface area contributed by atoms with Gasteiger partial charge in [0.25, 0.3) is 0 Å². The Hall–Kier alpha value is -1.43. The zero-order chi connectivity index (χ0) is 15.4. The van der Waals surface area contributed by atoms with Crippen LogP contribution in [0.1, 0.15) is 44.5 Å². The lowest BCUT2D eigenvalue weighted by atomic mass is 10.0. The maximum atomic E-state index is 12.6. The van der Waals surface area contributed by atoms with Gasteiger partial charge in [0.05, 0.1) is 5.01 Å². The van der Waals surface area contributed by atoms with Crippen molar-refractivity contribution in [2.24, 2.45) is 5.92 Å². The zero-order valence-corrected chi connectivity index (χ0v) is 13.7. The summed E-state index contributed by atoms with van der Waals surface area (Å²) in [5, 5.41) is 5.84. The minimum atomic E-state index is -0.386. The summed E-state index contributed by atoms with van der Waals surface area (Å²) >= 11 is 1.61. The van der Waals surface area contributed by atoms with Crippen molar-refractivity contribution in [1.29, 1.82) is 0 Å². The molecule has 2 amide bonds. The molecule has 1 saturated heterocycles. The van der Waals surface area contributed by atoms with Gasteiger partial charge in [0.2, 0.25) is 11.8 Å². The molecule has 2 atom stereocenters. The van der Waals surface area contributed by atoms with E-state index in [1.165, 1.54) is 0 Å². The molecule has 2 rings (SSSR count). The second-order valence-electron chi connectivity index (χ2n) is 6.06. The van der Waals surface area contributed by atoms with Crippen molar-refractivity contribution in [2.45, 2.75) is 45.6 Å². The first-order chi connectivity index (χ1) is 9.97. The van der Waals surface area contributed by atoms with Crippen molar-refractivity contribution >= 4 is 23.2 Å². The molecule has 0 aliphatic carbocycles. The van der Waals surface area contributed by atoms with Gasteiger partial charge in [-0.25, -0.2) is 4.98 Å². The number of thiazole rings is 1. The molecule has 0 bridgehead atoms. The Morgan fingerprint density at radius 2 is 2.19 bits per heavy atom. The number of hydrogen-bond acceptors (Lipinski definition) is 4. The van der Waals surface area contributed by atoms with Gasteiger partial charge >= 0.3 is 0 Å². The maximum absolute atomic E-state index is 12.6. The molecule has 1 aromatic rings. The van der Waals surface area contributed by atoms with Crippen LogP contribution in [0.5, 0.6) is 0 Å². The number of rotatable bonds is 5. The van der Waals surface area contributed by atoms with E-state index in [1.807, 2.05) is 10.3 Å². The fraction of sp³-hybridized carbons (Fsp3) is 0.667. The van der Waals surface area contributed by atoms with E-state index in [4.69, 9.17) is 0 Å². The van der Waals surface area contributed by atoms with Crippen molar-refractivity contribution < 1.29 is 9.59 Å². The minimum Gasteiger partial charge on any atom is -0.344 e. The number of nitrogens with zero attached hydrogens (tertiary/aromatic N) is 2. The van der Waals surface area contributed by atoms with E-state index >= 15 is 0 Å². The number of hydrogen-bond donors (Lipinski definition) is 1. The zero-order valence-electron chi connectivity index (χ0n) is 12.8. The van der Waals surface area contributed by atoms with Gasteiger partial charge in [-0.1, -0.05) is 20.8 Å². The van der Waals surface area contributed by atoms with E-state index in [1.54, 1.807) is 17.5 Å². The summed E-state index contributed by atoms with van der Waals surface area (Å²) in [5.74, 6) is 0.578. The first-order valence-corrected chi connectivity index (χ1v) is 8.33. The Morgan fingerprint density at radius 3 is 2.81 bits per heavy atom. The van der Waals surface area contributed by atoms with Gasteiger partial charge < -0.3 is 10.2 Å². The first kappa shape index (κ1) is 15.9. The van der Waals surface area contributed by atoms with Crippen LogP contribution in [-0.2, 0) is 9.59 Å². The fourth-order valence-electron chi connectivity index (χ4n) is 2.59. The Bertz CT molecular complexity index is 487. The van der Waals surface area contributed by atoms with Crippen LogP contribution in [0.25, 0.3) is 0 Å². The van der Waals surface area contributed by atoms with E-state index in [-0.39, 0.29) is 23.8 Å². The van der Waals surface area contributed by atoms with Crippen LogP contribution in [-0.4, -0.2) is 40.8 Å². The summed E-state index contributed by atoms with van der Waals surface area (Å²) in [5.41, 5.74) is 0. The molecule has 0 saturated carbocycles. The molecule has 116 valence electrons. The predicted octanol–water partition coefficient (Wildman–Crippen LogP) is 2.01. The molecule has 6 heteroatoms. The van der Waals surface area contributed by atoms with E-state index < -0.39 is 0 Å². The average molecular weight is 309 g/mol. The van der Waals surface area contributed by atoms with Crippen molar-refractivity contribution in [2.75, 3.05) is 13.1 Å². The van der Waals surface area contributed by atoms with Gasteiger partial charge in [-0.15, -0.1) is 11.3 Å². The monoisotopic (exact) mass is 309 g/mol. The van der Waals surface area contributed by atoms with Crippen LogP contribution in [0, 0.1) is 5.92 Å². The van der Waals surface area contributed by atoms with Crippen LogP contribution < -0.4 is 5.32 Å². The lowest BCUT2D eigenvalue weighted by Crippen LogP contribution is -2.46. The second kappa shape index (κ2) is 7.02. The standard InChI is InChI=1S/C15H23N3O2S/c1-10(2)8-12-15(20)18(6-4-13(19)17-12)9-11(3)14-16-5-7-21-14/h5,7,10-12H,4,6,8-9H2,1-3H3,(H,17,19). The number of carbonyl (C=O) groups is 2. The summed E-state index contributed by atoms with van der Waals surface area (Å²) in [7, 11) is 0. The molecule has 1 aliphatic heterocycles. The highest BCUT2D eigenvalue weighted by molar-refractivity contribution is 7.09. The molecule has 0 radical (unpaired) electrons. The highest BCUT2D eigenvalue weighted by Gasteiger charge is 2.31. The molecule has 5 nitrogen and oxygen atoms in total. The summed E-state index contributed by atoms with van der Waals surface area (Å²) in [6.07, 6.45) is 2.85. The smallest absolute Gasteiger partial charge is 0.245 e. The van der Waals surface area contributed by atoms with E-state index in [0.29, 0.717) is 31.8 Å². The summed E-state index contributed by atoms with van der Waals surface area (Å²) < 4.78 is 0. The fourth-order valence-corrected chi connectivity index (χ4v) is 3.28. The maximum Gasteiger partial charge on any atom is 0.245 e. The minimum absolute atomic E-state index is 0.0293. The normalized spacial score (nSPS) is 21.3. The molecular weight excluding hydrogens is 286 g/mol. The Morgan fingerprint density at radius 1 is 1.43 bits per heavy atom. The van der Waals surface area contributed by atoms with Crippen LogP contribution in [0.15, 0.2) is 11.6 Å². The number of aromatic nitrogens is 1. The summed E-state index contributed by atoms with van der Waals surface area (Å²) in [6, 6.07) is -0.386. The SMILES string of the molecule is CC(C)CC1NC(=O)CCN(CC(C)c2nccs2)C1=O. The van der Waals surface area contributed by atoms with Crippen molar-refractivity contribution in [3.63, 3.8) is 0 Å². The molecule has 1 aromatic heterocycles. The lowest BCUT2D eigenvalue weighted by Gasteiger charge is -2.26. The molecule has 21 heavy (non-hydrogen) atoms. The van der Waals surface area contributed by atoms with Gasteiger partial charge in [0.15, 0.2) is 0 Å². The third-order valence-corrected chi connectivity index (χ3v) is 4.64. The first-order valence-electron chi connectivity index (χ1n) is 7.45. The Kier molecular flexibility index (Phi) is 5.33. The molecule has 2 unspecified atom stereocenters. The Balaban J connectivity index is 2.06. The number of amides is 2. The molecule has 2 heterocycles. The molecule has 1 aliphatic rings. The van der Waals surface area contributed by atoms with Crippen LogP contribution >= 0.6 is 11.3 Å². The third-order valence-electron chi connectivity index (χ3n) is 3.63. The third kappa shape index (κ3) is 4.27. The number of carbonyl (C=O) groups excluding carboxylic acids is 2. The van der Waals surface area contributed by atoms with Crippen LogP contribution in [0.2, 0.25) is 0 Å². The van der Waals surface area contributed by atoms with Crippen molar-refractivity contribution in [3.05, 3.63) is 16.6 Å². The van der Waals surface area contributed by atoms with Gasteiger partial charge in [0, 0.05) is 37.0 Å². The van der Waals surface area contributed by atoms with Crippen LogP contribution in [0.4, 0.5) is 0 Å². The van der Waals surface area contributed by atoms with Gasteiger partial charge in [-0.05, 0) is 12.3 Å². The Labute approximate surface area is 129 Å². The van der Waals surface area contributed by atoms with Crippen molar-refractivity contribution in [3.8, 4) is 0 Å². The van der Waals surface area contributed by atoms with E-state index in [9.17, 15) is 9.59 Å². The highest BCUT2D eigenvalue weighted by Crippen LogP contribution is 2.21. The topological polar surface area (TPSA) is 62.3 Å². The number of nitrogens with one attached hydrogen (secondary N) is 1. The summed E-state index contributed by atoms with van der Waals surface area (Å²) in [6.45, 7) is 7.31. The van der Waals surface area contributed by atoms with E-state index in [0.717, 1.165) is 5.01 Å². The molecular formula is C15H23N3O2S. The van der Waals surface area contributed by atoms with Gasteiger partial charge in [0.1, 0.15) is 6.04 Å². The predicted molar refractivity (Wildman–Crippen MR) is 83.1 cm³/mol. The highest BCUT2D eigenvalue weighted by atomic mass is 32.1.